The summed E-state index contributed by atoms with van der Waals surface area (Å²) in [5.74, 6) is 0.766. The van der Waals surface area contributed by atoms with Gasteiger partial charge in [0.15, 0.2) is 5.16 Å². The van der Waals surface area contributed by atoms with Crippen molar-refractivity contribution in [2.45, 2.75) is 24.0 Å². The molecule has 0 fully saturated rings. The molecule has 2 aromatic heterocycles. The summed E-state index contributed by atoms with van der Waals surface area (Å²) in [6.45, 7) is 3.70. The van der Waals surface area contributed by atoms with Gasteiger partial charge in [-0.25, -0.2) is 15.0 Å². The molecule has 0 aromatic carbocycles. The minimum absolute atomic E-state index is 0.162. The van der Waals surface area contributed by atoms with Crippen molar-refractivity contribution in [3.63, 3.8) is 0 Å². The molecule has 0 saturated heterocycles. The van der Waals surface area contributed by atoms with Crippen molar-refractivity contribution >= 4 is 17.6 Å². The van der Waals surface area contributed by atoms with Crippen LogP contribution in [-0.4, -0.2) is 27.0 Å². The number of aryl methyl sites for hydroxylation is 1. The van der Waals surface area contributed by atoms with E-state index in [0.29, 0.717) is 10.9 Å². The maximum atomic E-state index is 11.4. The molecule has 2 aromatic rings. The summed E-state index contributed by atoms with van der Waals surface area (Å²) < 4.78 is 0. The van der Waals surface area contributed by atoms with Gasteiger partial charge in [-0.2, -0.15) is 0 Å². The average molecular weight is 263 g/mol. The second-order valence-electron chi connectivity index (χ2n) is 3.70. The van der Waals surface area contributed by atoms with E-state index in [2.05, 4.69) is 25.3 Å². The smallest absolute Gasteiger partial charge is 0.251 e. The van der Waals surface area contributed by atoms with Gasteiger partial charge in [0.05, 0.1) is 0 Å². The fourth-order valence-electron chi connectivity index (χ4n) is 1.48. The quantitative estimate of drug-likeness (QED) is 0.643. The normalized spacial score (nSPS) is 10.4. The first-order valence-corrected chi connectivity index (χ1v) is 6.17. The van der Waals surface area contributed by atoms with Crippen molar-refractivity contribution in [1.82, 2.24) is 19.9 Å². The summed E-state index contributed by atoms with van der Waals surface area (Å²) in [5, 5.41) is 4.29. The van der Waals surface area contributed by atoms with E-state index in [9.17, 15) is 4.79 Å². The number of anilines is 1. The third-order valence-electron chi connectivity index (χ3n) is 2.32. The average Bonchev–Trinajstić information content (AvgIpc) is 2.30. The Morgan fingerprint density at radius 1 is 1.33 bits per heavy atom. The highest BCUT2D eigenvalue weighted by Gasteiger charge is 2.09. The molecular formula is C11H13N5OS. The minimum Gasteiger partial charge on any atom is -0.373 e. The Kier molecular flexibility index (Phi) is 3.61. The molecule has 7 heteroatoms. The first-order chi connectivity index (χ1) is 8.60. The number of H-pyrrole nitrogens is 1. The molecular weight excluding hydrogens is 250 g/mol. The van der Waals surface area contributed by atoms with E-state index in [1.54, 1.807) is 14.0 Å². The number of rotatable bonds is 3. The highest BCUT2D eigenvalue weighted by Crippen LogP contribution is 2.27. The van der Waals surface area contributed by atoms with Gasteiger partial charge >= 0.3 is 0 Å². The topological polar surface area (TPSA) is 83.6 Å². The van der Waals surface area contributed by atoms with Gasteiger partial charge in [0.25, 0.3) is 5.56 Å². The molecule has 0 radical (unpaired) electrons. The standard InChI is InChI=1S/C11H13N5OS/c1-6-4-8(17)16-11(15-6)18-10-7(2)9(12-3)13-5-14-10/h4-5H,1-3H3,(H,12,13,14)(H,15,16,17). The third-order valence-corrected chi connectivity index (χ3v) is 3.31. The zero-order chi connectivity index (χ0) is 13.1. The highest BCUT2D eigenvalue weighted by molar-refractivity contribution is 7.99. The van der Waals surface area contributed by atoms with Crippen LogP contribution >= 0.6 is 11.8 Å². The van der Waals surface area contributed by atoms with Gasteiger partial charge in [-0.1, -0.05) is 0 Å². The lowest BCUT2D eigenvalue weighted by molar-refractivity contribution is 0.897. The number of hydrogen-bond donors (Lipinski definition) is 2. The second-order valence-corrected chi connectivity index (χ2v) is 4.67. The van der Waals surface area contributed by atoms with Crippen molar-refractivity contribution in [3.8, 4) is 0 Å². The molecule has 94 valence electrons. The molecule has 0 bridgehead atoms. The van der Waals surface area contributed by atoms with Crippen molar-refractivity contribution in [2.24, 2.45) is 0 Å². The zero-order valence-electron chi connectivity index (χ0n) is 10.3. The number of aromatic nitrogens is 4. The van der Waals surface area contributed by atoms with Crippen LogP contribution in [0.2, 0.25) is 0 Å². The summed E-state index contributed by atoms with van der Waals surface area (Å²) in [7, 11) is 1.80. The van der Waals surface area contributed by atoms with Crippen LogP contribution in [0.25, 0.3) is 0 Å². The van der Waals surface area contributed by atoms with E-state index in [1.807, 2.05) is 6.92 Å². The van der Waals surface area contributed by atoms with Gasteiger partial charge < -0.3 is 10.3 Å². The van der Waals surface area contributed by atoms with Crippen LogP contribution in [0.4, 0.5) is 5.82 Å². The Labute approximate surface area is 108 Å². The first-order valence-electron chi connectivity index (χ1n) is 5.35. The maximum absolute atomic E-state index is 11.4. The Morgan fingerprint density at radius 3 is 2.78 bits per heavy atom. The molecule has 18 heavy (non-hydrogen) atoms. The highest BCUT2D eigenvalue weighted by atomic mass is 32.2. The van der Waals surface area contributed by atoms with E-state index < -0.39 is 0 Å². The number of hydrogen-bond acceptors (Lipinski definition) is 6. The SMILES string of the molecule is CNc1ncnc(Sc2nc(C)cc(=O)[nH]2)c1C. The van der Waals surface area contributed by atoms with Crippen LogP contribution < -0.4 is 10.9 Å². The van der Waals surface area contributed by atoms with E-state index in [1.165, 1.54) is 24.2 Å². The molecule has 0 spiro atoms. The molecule has 0 aliphatic carbocycles. The largest absolute Gasteiger partial charge is 0.373 e. The van der Waals surface area contributed by atoms with Gasteiger partial charge in [0.1, 0.15) is 17.2 Å². The first kappa shape index (κ1) is 12.6. The lowest BCUT2D eigenvalue weighted by Crippen LogP contribution is -2.08. The monoisotopic (exact) mass is 263 g/mol. The van der Waals surface area contributed by atoms with Gasteiger partial charge in [-0.05, 0) is 25.6 Å². The second kappa shape index (κ2) is 5.18. The van der Waals surface area contributed by atoms with Crippen LogP contribution in [0, 0.1) is 13.8 Å². The van der Waals surface area contributed by atoms with Crippen LogP contribution in [0.15, 0.2) is 27.4 Å². The van der Waals surface area contributed by atoms with Crippen LogP contribution in [0.1, 0.15) is 11.3 Å². The van der Waals surface area contributed by atoms with Crippen molar-refractivity contribution in [1.29, 1.82) is 0 Å². The molecule has 0 amide bonds. The maximum Gasteiger partial charge on any atom is 0.251 e. The lowest BCUT2D eigenvalue weighted by atomic mass is 10.3. The minimum atomic E-state index is -0.162. The molecule has 2 rings (SSSR count). The molecule has 2 N–H and O–H groups in total. The Bertz CT molecular complexity index is 625. The number of nitrogens with zero attached hydrogens (tertiary/aromatic N) is 3. The summed E-state index contributed by atoms with van der Waals surface area (Å²) in [5.41, 5.74) is 1.45. The van der Waals surface area contributed by atoms with Crippen LogP contribution in [0.5, 0.6) is 0 Å². The Hall–Kier alpha value is -1.89. The third kappa shape index (κ3) is 2.67. The zero-order valence-corrected chi connectivity index (χ0v) is 11.1. The van der Waals surface area contributed by atoms with Crippen LogP contribution in [0.3, 0.4) is 0 Å². The van der Waals surface area contributed by atoms with E-state index in [4.69, 9.17) is 0 Å². The number of aromatic amines is 1. The molecule has 0 aliphatic rings. The van der Waals surface area contributed by atoms with E-state index in [-0.39, 0.29) is 5.56 Å². The van der Waals surface area contributed by atoms with Gasteiger partial charge in [-0.3, -0.25) is 4.79 Å². The van der Waals surface area contributed by atoms with Crippen LogP contribution in [-0.2, 0) is 0 Å². The van der Waals surface area contributed by atoms with Crippen molar-refractivity contribution < 1.29 is 0 Å². The van der Waals surface area contributed by atoms with Crippen molar-refractivity contribution in [2.75, 3.05) is 12.4 Å². The van der Waals surface area contributed by atoms with Gasteiger partial charge in [0.2, 0.25) is 0 Å². The fraction of sp³-hybridized carbons (Fsp3) is 0.273. The molecule has 2 heterocycles. The molecule has 0 aliphatic heterocycles. The molecule has 6 nitrogen and oxygen atoms in total. The number of nitrogens with one attached hydrogen (secondary N) is 2. The van der Waals surface area contributed by atoms with Gasteiger partial charge in [0, 0.05) is 24.4 Å². The van der Waals surface area contributed by atoms with Gasteiger partial charge in [-0.15, -0.1) is 0 Å². The predicted molar refractivity (Wildman–Crippen MR) is 70.0 cm³/mol. The molecule has 0 atom stereocenters. The summed E-state index contributed by atoms with van der Waals surface area (Å²) in [6.07, 6.45) is 1.48. The molecule has 0 unspecified atom stereocenters. The molecule has 0 saturated carbocycles. The summed E-state index contributed by atoms with van der Waals surface area (Å²) >= 11 is 1.31. The fourth-order valence-corrected chi connectivity index (χ4v) is 2.35. The Balaban J connectivity index is 2.37. The Morgan fingerprint density at radius 2 is 2.11 bits per heavy atom. The lowest BCUT2D eigenvalue weighted by Gasteiger charge is -2.07. The predicted octanol–water partition coefficient (Wildman–Crippen LogP) is 1.37. The van der Waals surface area contributed by atoms with E-state index in [0.717, 1.165) is 16.4 Å². The summed E-state index contributed by atoms with van der Waals surface area (Å²) in [6, 6.07) is 1.45. The summed E-state index contributed by atoms with van der Waals surface area (Å²) in [4.78, 5) is 26.6. The van der Waals surface area contributed by atoms with E-state index >= 15 is 0 Å². The van der Waals surface area contributed by atoms with Crippen molar-refractivity contribution in [3.05, 3.63) is 34.0 Å².